The van der Waals surface area contributed by atoms with Gasteiger partial charge in [0.05, 0.1) is 11.8 Å². The van der Waals surface area contributed by atoms with Gasteiger partial charge in [-0.05, 0) is 52.1 Å². The van der Waals surface area contributed by atoms with Gasteiger partial charge < -0.3 is 14.7 Å². The van der Waals surface area contributed by atoms with E-state index in [1.165, 1.54) is 18.2 Å². The maximum Gasteiger partial charge on any atom is 0.418 e. The maximum absolute atomic E-state index is 12.9. The Hall–Kier alpha value is -2.65. The third-order valence-corrected chi connectivity index (χ3v) is 5.47. The molecule has 1 aliphatic heterocycles. The summed E-state index contributed by atoms with van der Waals surface area (Å²) in [4.78, 5) is 2.12. The van der Waals surface area contributed by atoms with E-state index in [4.69, 9.17) is 9.37 Å². The predicted octanol–water partition coefficient (Wildman–Crippen LogP) is 3.96. The topological polar surface area (TPSA) is 71.6 Å². The molecule has 6 nitrogen and oxygen atoms in total. The number of hydrogen-bond donors (Lipinski definition) is 1. The van der Waals surface area contributed by atoms with Gasteiger partial charge in [0, 0.05) is 26.1 Å². The Morgan fingerprint density at radius 1 is 1.17 bits per heavy atom. The molecule has 2 atom stereocenters. The van der Waals surface area contributed by atoms with E-state index < -0.39 is 12.3 Å². The number of anilines is 1. The highest BCUT2D eigenvalue weighted by atomic mass is 19.4. The molecule has 154 valence electrons. The van der Waals surface area contributed by atoms with Gasteiger partial charge in [-0.2, -0.15) is 13.2 Å². The van der Waals surface area contributed by atoms with Crippen molar-refractivity contribution in [1.82, 2.24) is 10.3 Å². The van der Waals surface area contributed by atoms with Crippen molar-refractivity contribution in [3.63, 3.8) is 0 Å². The van der Waals surface area contributed by atoms with E-state index in [0.29, 0.717) is 28.1 Å². The number of fused-ring (bicyclic) bond motifs is 1. The van der Waals surface area contributed by atoms with Crippen molar-refractivity contribution in [2.75, 3.05) is 25.1 Å². The van der Waals surface area contributed by atoms with E-state index in [9.17, 15) is 18.3 Å². The molecule has 0 amide bonds. The van der Waals surface area contributed by atoms with Crippen LogP contribution >= 0.6 is 0 Å². The van der Waals surface area contributed by atoms with Crippen molar-refractivity contribution >= 4 is 16.7 Å². The van der Waals surface area contributed by atoms with Crippen molar-refractivity contribution in [3.05, 3.63) is 42.0 Å². The molecule has 2 unspecified atom stereocenters. The second-order valence-electron chi connectivity index (χ2n) is 7.30. The number of aromatic nitrogens is 2. The number of alkyl halides is 3. The fourth-order valence-electron chi connectivity index (χ4n) is 3.56. The lowest BCUT2D eigenvalue weighted by molar-refractivity contribution is -0.206. The molecule has 0 bridgehead atoms. The van der Waals surface area contributed by atoms with Crippen molar-refractivity contribution < 1.29 is 27.6 Å². The zero-order valence-electron chi connectivity index (χ0n) is 15.8. The monoisotopic (exact) mass is 407 g/mol. The Bertz CT molecular complexity index is 1010. The van der Waals surface area contributed by atoms with Crippen LogP contribution in [0.5, 0.6) is 0 Å². The molecule has 0 radical (unpaired) electrons. The van der Waals surface area contributed by atoms with Crippen molar-refractivity contribution in [2.24, 2.45) is 5.92 Å². The first-order valence-corrected chi connectivity index (χ1v) is 9.17. The molecule has 9 heteroatoms. The van der Waals surface area contributed by atoms with Gasteiger partial charge in [-0.1, -0.05) is 18.2 Å². The zero-order valence-corrected chi connectivity index (χ0v) is 15.8. The molecular weight excluding hydrogens is 387 g/mol. The van der Waals surface area contributed by atoms with Crippen molar-refractivity contribution in [2.45, 2.75) is 25.3 Å². The van der Waals surface area contributed by atoms with Crippen LogP contribution in [0.3, 0.4) is 0 Å². The molecule has 1 N–H and O–H groups in total. The Morgan fingerprint density at radius 2 is 1.93 bits per heavy atom. The van der Waals surface area contributed by atoms with Gasteiger partial charge in [0.1, 0.15) is 5.52 Å². The first-order valence-electron chi connectivity index (χ1n) is 9.17. The van der Waals surface area contributed by atoms with Gasteiger partial charge in [0.2, 0.25) is 0 Å². The zero-order chi connectivity index (χ0) is 20.8. The van der Waals surface area contributed by atoms with E-state index in [2.05, 4.69) is 15.2 Å². The molecule has 3 aromatic rings. The van der Waals surface area contributed by atoms with Crippen LogP contribution in [-0.2, 0) is 4.74 Å². The van der Waals surface area contributed by atoms with Crippen LogP contribution in [0.15, 0.2) is 41.0 Å². The Labute approximate surface area is 164 Å². The summed E-state index contributed by atoms with van der Waals surface area (Å²) in [7, 11) is 1.68. The molecule has 1 saturated heterocycles. The van der Waals surface area contributed by atoms with Gasteiger partial charge in [0.25, 0.3) is 0 Å². The summed E-state index contributed by atoms with van der Waals surface area (Å²) in [5.74, 6) is 0.379. The van der Waals surface area contributed by atoms with Gasteiger partial charge in [-0.3, -0.25) is 0 Å². The van der Waals surface area contributed by atoms with Crippen LogP contribution in [0.25, 0.3) is 22.2 Å². The predicted molar refractivity (Wildman–Crippen MR) is 100 cm³/mol. The summed E-state index contributed by atoms with van der Waals surface area (Å²) in [6.45, 7) is 3.56. The summed E-state index contributed by atoms with van der Waals surface area (Å²) in [6, 6.07) is 9.34. The molecule has 2 heterocycles. The minimum atomic E-state index is -4.73. The van der Waals surface area contributed by atoms with E-state index in [-0.39, 0.29) is 11.7 Å². The molecule has 1 fully saturated rings. The second-order valence-corrected chi connectivity index (χ2v) is 7.30. The van der Waals surface area contributed by atoms with Crippen LogP contribution in [0.2, 0.25) is 0 Å². The molecule has 0 spiro atoms. The van der Waals surface area contributed by atoms with Gasteiger partial charge in [-0.25, -0.2) is 4.63 Å². The lowest BCUT2D eigenvalue weighted by Crippen LogP contribution is -2.51. The SMILES string of the molecule is COC(C)C1CN(c2cc(-c3cccc(C(O)C(F)(F)F)c3)cc3nonc23)C1. The van der Waals surface area contributed by atoms with Crippen LogP contribution in [-0.4, -0.2) is 47.9 Å². The third-order valence-electron chi connectivity index (χ3n) is 5.47. The number of aliphatic hydroxyl groups is 1. The highest BCUT2D eigenvalue weighted by molar-refractivity contribution is 5.93. The molecule has 1 aliphatic rings. The Kier molecular flexibility index (Phi) is 4.95. The second kappa shape index (κ2) is 7.31. The van der Waals surface area contributed by atoms with Crippen LogP contribution < -0.4 is 4.90 Å². The van der Waals surface area contributed by atoms with E-state index in [1.54, 1.807) is 19.2 Å². The van der Waals surface area contributed by atoms with E-state index in [0.717, 1.165) is 18.8 Å². The smallest absolute Gasteiger partial charge is 0.381 e. The number of rotatable bonds is 5. The fraction of sp³-hybridized carbons (Fsp3) is 0.400. The minimum absolute atomic E-state index is 0.126. The third kappa shape index (κ3) is 3.67. The van der Waals surface area contributed by atoms with Crippen LogP contribution in [0.1, 0.15) is 18.6 Å². The average molecular weight is 407 g/mol. The Balaban J connectivity index is 1.69. The molecule has 2 aromatic carbocycles. The summed E-state index contributed by atoms with van der Waals surface area (Å²) >= 11 is 0. The molecule has 4 rings (SSSR count). The summed E-state index contributed by atoms with van der Waals surface area (Å²) in [5, 5.41) is 17.5. The summed E-state index contributed by atoms with van der Waals surface area (Å²) in [5.41, 5.74) is 2.92. The van der Waals surface area contributed by atoms with Gasteiger partial charge >= 0.3 is 6.18 Å². The van der Waals surface area contributed by atoms with Crippen LogP contribution in [0, 0.1) is 5.92 Å². The van der Waals surface area contributed by atoms with Crippen molar-refractivity contribution in [3.8, 4) is 11.1 Å². The number of hydrogen-bond acceptors (Lipinski definition) is 6. The largest absolute Gasteiger partial charge is 0.418 e. The maximum atomic E-state index is 12.9. The van der Waals surface area contributed by atoms with Crippen molar-refractivity contribution in [1.29, 1.82) is 0 Å². The summed E-state index contributed by atoms with van der Waals surface area (Å²) < 4.78 is 48.9. The standard InChI is InChI=1S/C20H20F3N3O3/c1-11(28-2)15-9-26(10-15)17-8-14(7-16-18(17)25-29-24-16)12-4-3-5-13(6-12)19(27)20(21,22)23/h3-8,11,15,19,27H,9-10H2,1-2H3. The number of methoxy groups -OCH3 is 1. The Morgan fingerprint density at radius 3 is 2.62 bits per heavy atom. The molecule has 0 aliphatic carbocycles. The minimum Gasteiger partial charge on any atom is -0.381 e. The number of nitrogens with zero attached hydrogens (tertiary/aromatic N) is 3. The number of halogens is 3. The molecule has 29 heavy (non-hydrogen) atoms. The van der Waals surface area contributed by atoms with E-state index >= 15 is 0 Å². The fourth-order valence-corrected chi connectivity index (χ4v) is 3.56. The highest BCUT2D eigenvalue weighted by Crippen LogP contribution is 2.38. The van der Waals surface area contributed by atoms with Crippen LogP contribution in [0.4, 0.5) is 18.9 Å². The number of benzene rings is 2. The van der Waals surface area contributed by atoms with Gasteiger partial charge in [0.15, 0.2) is 11.6 Å². The number of aliphatic hydroxyl groups excluding tert-OH is 1. The quantitative estimate of drug-likeness (QED) is 0.691. The molecular formula is C20H20F3N3O3. The first kappa shape index (κ1) is 19.7. The summed E-state index contributed by atoms with van der Waals surface area (Å²) in [6.07, 6.45) is -7.14. The first-order chi connectivity index (χ1) is 13.8. The molecule has 1 aromatic heterocycles. The highest BCUT2D eigenvalue weighted by Gasteiger charge is 2.39. The van der Waals surface area contributed by atoms with Gasteiger partial charge in [-0.15, -0.1) is 0 Å². The number of ether oxygens (including phenoxy) is 1. The molecule has 0 saturated carbocycles. The normalized spacial score (nSPS) is 17.4. The lowest BCUT2D eigenvalue weighted by Gasteiger charge is -2.43. The van der Waals surface area contributed by atoms with E-state index in [1.807, 2.05) is 13.0 Å². The average Bonchev–Trinajstić information content (AvgIpc) is 3.14. The lowest BCUT2D eigenvalue weighted by atomic mass is 9.92.